The van der Waals surface area contributed by atoms with E-state index in [0.717, 1.165) is 27.7 Å². The molecule has 0 radical (unpaired) electrons. The highest BCUT2D eigenvalue weighted by Crippen LogP contribution is 2.22. The van der Waals surface area contributed by atoms with Crippen LogP contribution in [0.25, 0.3) is 10.9 Å². The predicted molar refractivity (Wildman–Crippen MR) is 85.8 cm³/mol. The summed E-state index contributed by atoms with van der Waals surface area (Å²) in [6.45, 7) is 4.32. The molecule has 1 amide bonds. The second kappa shape index (κ2) is 7.33. The summed E-state index contributed by atoms with van der Waals surface area (Å²) in [7, 11) is 1.51. The molecule has 0 saturated heterocycles. The molecule has 2 rings (SSSR count). The van der Waals surface area contributed by atoms with Crippen LogP contribution in [0.1, 0.15) is 16.8 Å². The van der Waals surface area contributed by atoms with Crippen LogP contribution in [0, 0.1) is 13.8 Å². The number of aliphatic hydroxyl groups excluding tert-OH is 1. The molecular formula is C17H22N2O3. The lowest BCUT2D eigenvalue weighted by molar-refractivity contribution is -0.121. The number of rotatable bonds is 6. The van der Waals surface area contributed by atoms with Crippen LogP contribution < -0.4 is 5.32 Å². The van der Waals surface area contributed by atoms with Crippen molar-refractivity contribution < 1.29 is 14.6 Å². The molecule has 22 heavy (non-hydrogen) atoms. The van der Waals surface area contributed by atoms with E-state index < -0.39 is 6.10 Å². The molecule has 0 bridgehead atoms. The Morgan fingerprint density at radius 2 is 2.09 bits per heavy atom. The number of fused-ring (bicyclic) bond motifs is 1. The van der Waals surface area contributed by atoms with Crippen LogP contribution in [0.4, 0.5) is 0 Å². The number of hydrogen-bond donors (Lipinski definition) is 2. The number of carbonyl (C=O) groups excluding carboxylic acids is 1. The third-order valence-corrected chi connectivity index (χ3v) is 3.72. The van der Waals surface area contributed by atoms with Gasteiger partial charge in [0.15, 0.2) is 0 Å². The number of nitrogens with one attached hydrogen (secondary N) is 1. The monoisotopic (exact) mass is 302 g/mol. The van der Waals surface area contributed by atoms with Gasteiger partial charge in [0, 0.05) is 24.7 Å². The fraction of sp³-hybridized carbons (Fsp3) is 0.412. The highest BCUT2D eigenvalue weighted by atomic mass is 16.5. The van der Waals surface area contributed by atoms with E-state index in [1.807, 2.05) is 38.1 Å². The van der Waals surface area contributed by atoms with Gasteiger partial charge in [0.2, 0.25) is 5.91 Å². The van der Waals surface area contributed by atoms with Gasteiger partial charge in [-0.15, -0.1) is 0 Å². The molecule has 5 heteroatoms. The maximum absolute atomic E-state index is 12.1. The Hall–Kier alpha value is -1.98. The van der Waals surface area contributed by atoms with Gasteiger partial charge in [-0.1, -0.05) is 18.2 Å². The number of nitrogens with zero attached hydrogens (tertiary/aromatic N) is 1. The first-order chi connectivity index (χ1) is 10.5. The lowest BCUT2D eigenvalue weighted by Crippen LogP contribution is -2.35. The van der Waals surface area contributed by atoms with E-state index in [1.54, 1.807) is 0 Å². The van der Waals surface area contributed by atoms with Gasteiger partial charge >= 0.3 is 0 Å². The zero-order chi connectivity index (χ0) is 16.1. The first-order valence-electron chi connectivity index (χ1n) is 7.31. The summed E-state index contributed by atoms with van der Waals surface area (Å²) in [5, 5.41) is 13.3. The third kappa shape index (κ3) is 3.81. The molecule has 118 valence electrons. The number of aliphatic hydroxyl groups is 1. The second-order valence-electron chi connectivity index (χ2n) is 5.41. The Balaban J connectivity index is 2.12. The average Bonchev–Trinajstić information content (AvgIpc) is 2.50. The number of hydrogen-bond acceptors (Lipinski definition) is 4. The summed E-state index contributed by atoms with van der Waals surface area (Å²) in [5.74, 6) is -0.126. The van der Waals surface area contributed by atoms with E-state index in [4.69, 9.17) is 4.74 Å². The minimum absolute atomic E-state index is 0.126. The van der Waals surface area contributed by atoms with Crippen molar-refractivity contribution in [1.29, 1.82) is 0 Å². The topological polar surface area (TPSA) is 71.5 Å². The van der Waals surface area contributed by atoms with E-state index in [9.17, 15) is 9.90 Å². The Bertz CT molecular complexity index is 670. The fourth-order valence-corrected chi connectivity index (χ4v) is 2.54. The molecule has 2 aromatic rings. The Kier molecular flexibility index (Phi) is 5.46. The summed E-state index contributed by atoms with van der Waals surface area (Å²) >= 11 is 0. The van der Waals surface area contributed by atoms with Crippen molar-refractivity contribution in [2.45, 2.75) is 26.4 Å². The summed E-state index contributed by atoms with van der Waals surface area (Å²) < 4.78 is 4.83. The zero-order valence-corrected chi connectivity index (χ0v) is 13.2. The molecule has 1 heterocycles. The van der Waals surface area contributed by atoms with Gasteiger partial charge in [-0.25, -0.2) is 0 Å². The Labute approximate surface area is 130 Å². The van der Waals surface area contributed by atoms with Crippen LogP contribution in [-0.2, 0) is 16.0 Å². The lowest BCUT2D eigenvalue weighted by Gasteiger charge is -2.14. The Morgan fingerprint density at radius 1 is 1.36 bits per heavy atom. The van der Waals surface area contributed by atoms with E-state index in [1.165, 1.54) is 7.11 Å². The first kappa shape index (κ1) is 16.4. The highest BCUT2D eigenvalue weighted by molar-refractivity contribution is 5.86. The van der Waals surface area contributed by atoms with Gasteiger partial charge in [-0.05, 0) is 31.0 Å². The molecule has 5 nitrogen and oxygen atoms in total. The molecule has 0 aliphatic rings. The summed E-state index contributed by atoms with van der Waals surface area (Å²) in [6, 6.07) is 7.91. The van der Waals surface area contributed by atoms with Gasteiger partial charge in [0.25, 0.3) is 0 Å². The van der Waals surface area contributed by atoms with Crippen molar-refractivity contribution in [2.75, 3.05) is 20.3 Å². The fourth-order valence-electron chi connectivity index (χ4n) is 2.54. The van der Waals surface area contributed by atoms with Crippen LogP contribution in [0.15, 0.2) is 24.3 Å². The Morgan fingerprint density at radius 3 is 2.82 bits per heavy atom. The van der Waals surface area contributed by atoms with Crippen molar-refractivity contribution >= 4 is 16.8 Å². The molecule has 1 atom stereocenters. The molecule has 2 N–H and O–H groups in total. The summed E-state index contributed by atoms with van der Waals surface area (Å²) in [6.07, 6.45) is -0.430. The van der Waals surface area contributed by atoms with Crippen LogP contribution >= 0.6 is 0 Å². The highest BCUT2D eigenvalue weighted by Gasteiger charge is 2.13. The average molecular weight is 302 g/mol. The minimum Gasteiger partial charge on any atom is -0.389 e. The molecule has 0 fully saturated rings. The standard InChI is InChI=1S/C17H22N2O3/c1-11-14-6-4-5-7-16(14)19-12(2)15(11)8-17(21)18-9-13(20)10-22-3/h4-7,13,20H,8-10H2,1-3H3,(H,18,21). The van der Waals surface area contributed by atoms with E-state index in [0.29, 0.717) is 0 Å². The number of aryl methyl sites for hydroxylation is 2. The molecular weight excluding hydrogens is 280 g/mol. The first-order valence-corrected chi connectivity index (χ1v) is 7.31. The smallest absolute Gasteiger partial charge is 0.224 e. The normalized spacial score (nSPS) is 12.4. The van der Waals surface area contributed by atoms with Crippen LogP contribution in [0.3, 0.4) is 0 Å². The van der Waals surface area contributed by atoms with Crippen molar-refractivity contribution in [1.82, 2.24) is 10.3 Å². The van der Waals surface area contributed by atoms with Gasteiger partial charge in [-0.3, -0.25) is 9.78 Å². The largest absolute Gasteiger partial charge is 0.389 e. The quantitative estimate of drug-likeness (QED) is 0.848. The van der Waals surface area contributed by atoms with E-state index in [2.05, 4.69) is 10.3 Å². The number of para-hydroxylation sites is 1. The number of pyridine rings is 1. The number of amides is 1. The molecule has 1 unspecified atom stereocenters. The van der Waals surface area contributed by atoms with E-state index in [-0.39, 0.29) is 25.5 Å². The second-order valence-corrected chi connectivity index (χ2v) is 5.41. The number of ether oxygens (including phenoxy) is 1. The number of methoxy groups -OCH3 is 1. The zero-order valence-electron chi connectivity index (χ0n) is 13.2. The minimum atomic E-state index is -0.689. The maximum Gasteiger partial charge on any atom is 0.224 e. The van der Waals surface area contributed by atoms with Gasteiger partial charge in [0.1, 0.15) is 0 Å². The number of aromatic nitrogens is 1. The molecule has 0 aliphatic carbocycles. The van der Waals surface area contributed by atoms with Crippen LogP contribution in [0.5, 0.6) is 0 Å². The molecule has 0 spiro atoms. The molecule has 1 aromatic carbocycles. The van der Waals surface area contributed by atoms with E-state index >= 15 is 0 Å². The van der Waals surface area contributed by atoms with Crippen molar-refractivity contribution in [3.05, 3.63) is 41.1 Å². The number of carbonyl (C=O) groups is 1. The molecule has 1 aromatic heterocycles. The maximum atomic E-state index is 12.1. The lowest BCUT2D eigenvalue weighted by atomic mass is 9.99. The SMILES string of the molecule is COCC(O)CNC(=O)Cc1c(C)nc2ccccc2c1C. The van der Waals surface area contributed by atoms with Crippen molar-refractivity contribution in [3.63, 3.8) is 0 Å². The van der Waals surface area contributed by atoms with Gasteiger partial charge in [-0.2, -0.15) is 0 Å². The van der Waals surface area contributed by atoms with Crippen molar-refractivity contribution in [3.8, 4) is 0 Å². The van der Waals surface area contributed by atoms with Crippen LogP contribution in [0.2, 0.25) is 0 Å². The van der Waals surface area contributed by atoms with Crippen molar-refractivity contribution in [2.24, 2.45) is 0 Å². The summed E-state index contributed by atoms with van der Waals surface area (Å²) in [4.78, 5) is 16.6. The predicted octanol–water partition coefficient (Wildman–Crippen LogP) is 1.52. The molecule has 0 aliphatic heterocycles. The van der Waals surface area contributed by atoms with Gasteiger partial charge in [0.05, 0.1) is 24.6 Å². The number of benzene rings is 1. The van der Waals surface area contributed by atoms with Gasteiger partial charge < -0.3 is 15.2 Å². The summed E-state index contributed by atoms with van der Waals surface area (Å²) in [5.41, 5.74) is 3.83. The van der Waals surface area contributed by atoms with Crippen LogP contribution in [-0.4, -0.2) is 42.4 Å². The molecule has 0 saturated carbocycles. The third-order valence-electron chi connectivity index (χ3n) is 3.72.